The van der Waals surface area contributed by atoms with Crippen molar-refractivity contribution in [3.8, 4) is 18.0 Å². The molecule has 0 bridgehead atoms. The van der Waals surface area contributed by atoms with Gasteiger partial charge in [0.15, 0.2) is 10.9 Å². The Bertz CT molecular complexity index is 1640. The first-order valence-electron chi connectivity index (χ1n) is 14.0. The van der Waals surface area contributed by atoms with Crippen molar-refractivity contribution in [3.63, 3.8) is 0 Å². The first kappa shape index (κ1) is 30.6. The van der Waals surface area contributed by atoms with Crippen molar-refractivity contribution in [1.82, 2.24) is 14.8 Å². The summed E-state index contributed by atoms with van der Waals surface area (Å²) in [5, 5.41) is 8.82. The van der Waals surface area contributed by atoms with Gasteiger partial charge in [0.1, 0.15) is 12.3 Å². The van der Waals surface area contributed by atoms with Gasteiger partial charge in [-0.05, 0) is 35.7 Å². The van der Waals surface area contributed by atoms with Gasteiger partial charge in [-0.25, -0.2) is 4.68 Å². The van der Waals surface area contributed by atoms with Gasteiger partial charge in [-0.1, -0.05) is 114 Å². The number of aromatic nitrogens is 3. The Balaban J connectivity index is 1.56. The second-order valence-electron chi connectivity index (χ2n) is 9.58. The molecule has 0 saturated heterocycles. The van der Waals surface area contributed by atoms with Crippen LogP contribution in [0.15, 0.2) is 127 Å². The van der Waals surface area contributed by atoms with E-state index in [1.165, 1.54) is 4.90 Å². The standard InChI is InChI=1S/C35H30ClN5O2S/c1-3-23-40(32-25-41(38-33(32)36)30-21-14-22-37-24-30)34(42)31(39-43-4-2)26-44-35(27-15-8-5-9-16-27,28-17-10-6-11-18-28)29-19-12-7-13-20-29/h1,5-22,24-25H,4,23,26H2,2H3/b39-31+. The van der Waals surface area contributed by atoms with E-state index < -0.39 is 10.7 Å². The van der Waals surface area contributed by atoms with Gasteiger partial charge in [-0.15, -0.1) is 18.2 Å². The predicted molar refractivity (Wildman–Crippen MR) is 178 cm³/mol. The zero-order valence-electron chi connectivity index (χ0n) is 24.1. The molecule has 5 rings (SSSR count). The Morgan fingerprint density at radius 3 is 2.07 bits per heavy atom. The minimum absolute atomic E-state index is 0.0473. The van der Waals surface area contributed by atoms with Gasteiger partial charge in [-0.3, -0.25) is 14.7 Å². The molecular formula is C35H30ClN5O2S. The number of rotatable bonds is 12. The number of thioether (sulfide) groups is 1. The van der Waals surface area contributed by atoms with Crippen molar-refractivity contribution in [2.45, 2.75) is 11.7 Å². The lowest BCUT2D eigenvalue weighted by Gasteiger charge is -2.35. The van der Waals surface area contributed by atoms with Crippen LogP contribution < -0.4 is 4.90 Å². The van der Waals surface area contributed by atoms with E-state index in [-0.39, 0.29) is 29.8 Å². The Morgan fingerprint density at radius 2 is 1.57 bits per heavy atom. The van der Waals surface area contributed by atoms with Crippen LogP contribution in [-0.2, 0) is 14.4 Å². The number of anilines is 1. The van der Waals surface area contributed by atoms with E-state index in [0.717, 1.165) is 16.7 Å². The number of oxime groups is 1. The maximum absolute atomic E-state index is 14.3. The summed E-state index contributed by atoms with van der Waals surface area (Å²) in [4.78, 5) is 25.3. The highest BCUT2D eigenvalue weighted by Gasteiger charge is 2.38. The number of carbonyl (C=O) groups is 1. The summed E-state index contributed by atoms with van der Waals surface area (Å²) < 4.78 is 0.887. The number of amides is 1. The molecular weight excluding hydrogens is 590 g/mol. The van der Waals surface area contributed by atoms with Gasteiger partial charge < -0.3 is 4.84 Å². The third-order valence-corrected chi connectivity index (χ3v) is 8.69. The molecule has 0 saturated carbocycles. The Morgan fingerprint density at radius 1 is 0.977 bits per heavy atom. The van der Waals surface area contributed by atoms with E-state index in [2.05, 4.69) is 57.6 Å². The van der Waals surface area contributed by atoms with Crippen LogP contribution in [0.5, 0.6) is 0 Å². The molecule has 0 fully saturated rings. The van der Waals surface area contributed by atoms with Crippen molar-refractivity contribution in [2.24, 2.45) is 5.16 Å². The smallest absolute Gasteiger partial charge is 0.277 e. The Kier molecular flexibility index (Phi) is 10.1. The molecule has 7 nitrogen and oxygen atoms in total. The highest BCUT2D eigenvalue weighted by molar-refractivity contribution is 8.01. The normalized spacial score (nSPS) is 11.5. The zero-order chi connectivity index (χ0) is 30.8. The molecule has 0 unspecified atom stereocenters. The van der Waals surface area contributed by atoms with Gasteiger partial charge in [-0.2, -0.15) is 5.10 Å². The van der Waals surface area contributed by atoms with Gasteiger partial charge in [0.2, 0.25) is 0 Å². The van der Waals surface area contributed by atoms with Crippen LogP contribution in [0.2, 0.25) is 5.15 Å². The zero-order valence-corrected chi connectivity index (χ0v) is 25.7. The van der Waals surface area contributed by atoms with Crippen LogP contribution in [-0.4, -0.2) is 45.3 Å². The fraction of sp³-hybridized carbons (Fsp3) is 0.143. The summed E-state index contributed by atoms with van der Waals surface area (Å²) in [5.74, 6) is 2.35. The number of nitrogens with zero attached hydrogens (tertiary/aromatic N) is 5. The van der Waals surface area contributed by atoms with Crippen molar-refractivity contribution >= 4 is 40.7 Å². The van der Waals surface area contributed by atoms with Crippen LogP contribution in [0.25, 0.3) is 5.69 Å². The van der Waals surface area contributed by atoms with Crippen LogP contribution in [0.3, 0.4) is 0 Å². The van der Waals surface area contributed by atoms with Crippen LogP contribution in [0.1, 0.15) is 23.6 Å². The van der Waals surface area contributed by atoms with Gasteiger partial charge in [0.05, 0.1) is 29.4 Å². The molecule has 220 valence electrons. The summed E-state index contributed by atoms with van der Waals surface area (Å²) in [5.41, 5.74) is 4.41. The van der Waals surface area contributed by atoms with Crippen molar-refractivity contribution < 1.29 is 9.63 Å². The number of pyridine rings is 1. The van der Waals surface area contributed by atoms with Gasteiger partial charge in [0, 0.05) is 11.9 Å². The SMILES string of the molecule is C#CCN(C(=O)/C(CSC(c1ccccc1)(c1ccccc1)c1ccccc1)=N/OCC)c1cn(-c2cccnc2)nc1Cl. The van der Waals surface area contributed by atoms with Crippen molar-refractivity contribution in [1.29, 1.82) is 0 Å². The van der Waals surface area contributed by atoms with E-state index in [0.29, 0.717) is 11.4 Å². The fourth-order valence-corrected chi connectivity index (χ4v) is 6.54. The maximum Gasteiger partial charge on any atom is 0.277 e. The highest BCUT2D eigenvalue weighted by atomic mass is 35.5. The molecule has 3 aromatic carbocycles. The number of hydrogen-bond acceptors (Lipinski definition) is 6. The second-order valence-corrected chi connectivity index (χ2v) is 11.1. The third kappa shape index (κ3) is 6.55. The minimum Gasteiger partial charge on any atom is -0.396 e. The maximum atomic E-state index is 14.3. The topological polar surface area (TPSA) is 72.6 Å². The molecule has 0 N–H and O–H groups in total. The molecule has 0 atom stereocenters. The number of terminal acetylenes is 1. The summed E-state index contributed by atoms with van der Waals surface area (Å²) in [7, 11) is 0. The molecule has 2 heterocycles. The lowest BCUT2D eigenvalue weighted by atomic mass is 9.84. The predicted octanol–water partition coefficient (Wildman–Crippen LogP) is 7.00. The molecule has 0 aliphatic rings. The average Bonchev–Trinajstić information content (AvgIpc) is 3.47. The first-order chi connectivity index (χ1) is 21.6. The highest BCUT2D eigenvalue weighted by Crippen LogP contribution is 2.48. The van der Waals surface area contributed by atoms with Crippen molar-refractivity contribution in [3.05, 3.63) is 144 Å². The molecule has 1 amide bonds. The van der Waals surface area contributed by atoms with Gasteiger partial charge >= 0.3 is 0 Å². The summed E-state index contributed by atoms with van der Waals surface area (Å²) in [6, 6.07) is 34.3. The lowest BCUT2D eigenvalue weighted by molar-refractivity contribution is -0.112. The number of halogens is 1. The largest absolute Gasteiger partial charge is 0.396 e. The van der Waals surface area contributed by atoms with Gasteiger partial charge in [0.25, 0.3) is 5.91 Å². The average molecular weight is 620 g/mol. The minimum atomic E-state index is -0.670. The summed E-state index contributed by atoms with van der Waals surface area (Å²) >= 11 is 8.16. The molecule has 0 spiro atoms. The monoisotopic (exact) mass is 619 g/mol. The molecule has 0 aliphatic carbocycles. The third-order valence-electron chi connectivity index (χ3n) is 6.86. The van der Waals surface area contributed by atoms with Crippen molar-refractivity contribution in [2.75, 3.05) is 23.8 Å². The quantitative estimate of drug-likeness (QED) is 0.0650. The molecule has 0 aliphatic heterocycles. The molecule has 2 aromatic heterocycles. The molecule has 44 heavy (non-hydrogen) atoms. The van der Waals surface area contributed by atoms with Crippen LogP contribution in [0, 0.1) is 12.3 Å². The van der Waals surface area contributed by atoms with E-state index in [1.807, 2.05) is 67.6 Å². The Hall–Kier alpha value is -4.84. The fourth-order valence-electron chi connectivity index (χ4n) is 4.87. The molecule has 0 radical (unpaired) electrons. The summed E-state index contributed by atoms with van der Waals surface area (Å²) in [6.07, 6.45) is 10.7. The molecule has 9 heteroatoms. The van der Waals surface area contributed by atoms with E-state index in [1.54, 1.807) is 41.1 Å². The number of benzene rings is 3. The first-order valence-corrected chi connectivity index (χ1v) is 15.3. The summed E-state index contributed by atoms with van der Waals surface area (Å²) in [6.45, 7) is 2.06. The van der Waals surface area contributed by atoms with E-state index >= 15 is 0 Å². The lowest BCUT2D eigenvalue weighted by Crippen LogP contribution is -2.39. The number of hydrogen-bond donors (Lipinski definition) is 0. The molecule has 5 aromatic rings. The Labute approximate surface area is 266 Å². The van der Waals surface area contributed by atoms with E-state index in [9.17, 15) is 4.79 Å². The number of carbonyl (C=O) groups excluding carboxylic acids is 1. The second kappa shape index (κ2) is 14.6. The van der Waals surface area contributed by atoms with Crippen LogP contribution >= 0.6 is 23.4 Å². The van der Waals surface area contributed by atoms with E-state index in [4.69, 9.17) is 22.9 Å². The van der Waals surface area contributed by atoms with Crippen LogP contribution in [0.4, 0.5) is 5.69 Å².